The van der Waals surface area contributed by atoms with Gasteiger partial charge in [-0.25, -0.2) is 0 Å². The van der Waals surface area contributed by atoms with E-state index in [9.17, 15) is 9.59 Å². The molecule has 0 aliphatic heterocycles. The van der Waals surface area contributed by atoms with Gasteiger partial charge in [0.2, 0.25) is 11.8 Å². The number of hydrogen-bond donors (Lipinski definition) is 2. The van der Waals surface area contributed by atoms with Crippen molar-refractivity contribution in [2.45, 2.75) is 24.7 Å². The highest BCUT2D eigenvalue weighted by atomic mass is 32.2. The van der Waals surface area contributed by atoms with Crippen LogP contribution in [0.3, 0.4) is 0 Å². The SMILES string of the molecule is CCCC(=O)Nc1ccc(SCC(=O)Nc2cc(OC)ccc2OC)cc1. The van der Waals surface area contributed by atoms with Crippen molar-refractivity contribution in [3.63, 3.8) is 0 Å². The van der Waals surface area contributed by atoms with E-state index in [2.05, 4.69) is 10.6 Å². The maximum Gasteiger partial charge on any atom is 0.234 e. The van der Waals surface area contributed by atoms with Crippen LogP contribution in [-0.4, -0.2) is 31.8 Å². The van der Waals surface area contributed by atoms with Crippen molar-refractivity contribution in [3.05, 3.63) is 42.5 Å². The molecule has 0 aromatic heterocycles. The van der Waals surface area contributed by atoms with E-state index in [1.165, 1.54) is 11.8 Å². The van der Waals surface area contributed by atoms with E-state index in [0.717, 1.165) is 17.0 Å². The Morgan fingerprint density at radius 1 is 0.963 bits per heavy atom. The van der Waals surface area contributed by atoms with Gasteiger partial charge in [-0.05, 0) is 42.8 Å². The first-order chi connectivity index (χ1) is 13.0. The van der Waals surface area contributed by atoms with Crippen molar-refractivity contribution in [1.82, 2.24) is 0 Å². The normalized spacial score (nSPS) is 10.2. The summed E-state index contributed by atoms with van der Waals surface area (Å²) in [6.07, 6.45) is 1.32. The van der Waals surface area contributed by atoms with E-state index in [0.29, 0.717) is 23.6 Å². The first-order valence-electron chi connectivity index (χ1n) is 8.60. The Bertz CT molecular complexity index is 778. The Labute approximate surface area is 163 Å². The van der Waals surface area contributed by atoms with Gasteiger partial charge in [0.1, 0.15) is 11.5 Å². The number of anilines is 2. The summed E-state index contributed by atoms with van der Waals surface area (Å²) in [7, 11) is 3.12. The van der Waals surface area contributed by atoms with Gasteiger partial charge in [-0.15, -0.1) is 11.8 Å². The van der Waals surface area contributed by atoms with E-state index in [4.69, 9.17) is 9.47 Å². The molecule has 2 N–H and O–H groups in total. The van der Waals surface area contributed by atoms with Crippen LogP contribution in [0.25, 0.3) is 0 Å². The van der Waals surface area contributed by atoms with Gasteiger partial charge in [0.25, 0.3) is 0 Å². The van der Waals surface area contributed by atoms with E-state index in [1.807, 2.05) is 31.2 Å². The van der Waals surface area contributed by atoms with Crippen LogP contribution >= 0.6 is 11.8 Å². The molecule has 0 bridgehead atoms. The molecule has 0 aliphatic carbocycles. The number of nitrogens with one attached hydrogen (secondary N) is 2. The molecule has 0 atom stereocenters. The van der Waals surface area contributed by atoms with Crippen LogP contribution < -0.4 is 20.1 Å². The Kier molecular flexibility index (Phi) is 8.00. The number of methoxy groups -OCH3 is 2. The highest BCUT2D eigenvalue weighted by molar-refractivity contribution is 8.00. The molecule has 0 fully saturated rings. The molecule has 0 radical (unpaired) electrons. The van der Waals surface area contributed by atoms with Gasteiger partial charge in [0, 0.05) is 23.1 Å². The van der Waals surface area contributed by atoms with E-state index >= 15 is 0 Å². The standard InChI is InChI=1S/C20H24N2O4S/c1-4-5-19(23)21-14-6-9-16(10-7-14)27-13-20(24)22-17-12-15(25-2)8-11-18(17)26-3/h6-12H,4-5,13H2,1-3H3,(H,21,23)(H,22,24). The molecule has 0 unspecified atom stereocenters. The predicted octanol–water partition coefficient (Wildman–Crippen LogP) is 4.17. The minimum atomic E-state index is -0.146. The summed E-state index contributed by atoms with van der Waals surface area (Å²) in [5, 5.41) is 5.67. The van der Waals surface area contributed by atoms with Gasteiger partial charge < -0.3 is 20.1 Å². The van der Waals surface area contributed by atoms with Crippen molar-refractivity contribution >= 4 is 35.0 Å². The maximum atomic E-state index is 12.3. The van der Waals surface area contributed by atoms with Crippen LogP contribution in [0.5, 0.6) is 11.5 Å². The Morgan fingerprint density at radius 2 is 1.70 bits per heavy atom. The fourth-order valence-corrected chi connectivity index (χ4v) is 3.03. The van der Waals surface area contributed by atoms with Crippen LogP contribution in [0.4, 0.5) is 11.4 Å². The van der Waals surface area contributed by atoms with E-state index in [-0.39, 0.29) is 17.6 Å². The Hall–Kier alpha value is -2.67. The number of benzene rings is 2. The minimum Gasteiger partial charge on any atom is -0.497 e. The molecule has 2 aromatic carbocycles. The third-order valence-electron chi connectivity index (χ3n) is 3.67. The number of ether oxygens (including phenoxy) is 2. The lowest BCUT2D eigenvalue weighted by Gasteiger charge is -2.11. The van der Waals surface area contributed by atoms with Gasteiger partial charge in [-0.2, -0.15) is 0 Å². The highest BCUT2D eigenvalue weighted by Gasteiger charge is 2.10. The minimum absolute atomic E-state index is 0.00418. The third kappa shape index (κ3) is 6.53. The van der Waals surface area contributed by atoms with Crippen LogP contribution in [0.15, 0.2) is 47.4 Å². The molecular formula is C20H24N2O4S. The van der Waals surface area contributed by atoms with Gasteiger partial charge in [-0.1, -0.05) is 6.92 Å². The van der Waals surface area contributed by atoms with Gasteiger partial charge in [0.05, 0.1) is 25.7 Å². The molecule has 0 spiro atoms. The van der Waals surface area contributed by atoms with Gasteiger partial charge in [-0.3, -0.25) is 9.59 Å². The third-order valence-corrected chi connectivity index (χ3v) is 4.68. The molecule has 7 heteroatoms. The average molecular weight is 388 g/mol. The van der Waals surface area contributed by atoms with Gasteiger partial charge >= 0.3 is 0 Å². The molecule has 6 nitrogen and oxygen atoms in total. The highest BCUT2D eigenvalue weighted by Crippen LogP contribution is 2.29. The predicted molar refractivity (Wildman–Crippen MR) is 109 cm³/mol. The molecule has 2 rings (SSSR count). The first kappa shape index (κ1) is 20.6. The fraction of sp³-hybridized carbons (Fsp3) is 0.300. The average Bonchev–Trinajstić information content (AvgIpc) is 2.67. The molecule has 2 amide bonds. The Morgan fingerprint density at radius 3 is 2.33 bits per heavy atom. The molecule has 0 heterocycles. The summed E-state index contributed by atoms with van der Waals surface area (Å²) >= 11 is 1.41. The number of carbonyl (C=O) groups excluding carboxylic acids is 2. The summed E-state index contributed by atoms with van der Waals surface area (Å²) < 4.78 is 10.4. The van der Waals surface area contributed by atoms with Crippen LogP contribution in [0, 0.1) is 0 Å². The Balaban J connectivity index is 1.89. The van der Waals surface area contributed by atoms with Crippen molar-refractivity contribution in [3.8, 4) is 11.5 Å². The first-order valence-corrected chi connectivity index (χ1v) is 9.59. The number of hydrogen-bond acceptors (Lipinski definition) is 5. The van der Waals surface area contributed by atoms with Crippen LogP contribution in [0.1, 0.15) is 19.8 Å². The van der Waals surface area contributed by atoms with Crippen molar-refractivity contribution < 1.29 is 19.1 Å². The molecule has 144 valence electrons. The number of thioether (sulfide) groups is 1. The fourth-order valence-electron chi connectivity index (χ4n) is 2.33. The molecule has 2 aromatic rings. The smallest absolute Gasteiger partial charge is 0.234 e. The summed E-state index contributed by atoms with van der Waals surface area (Å²) in [5.74, 6) is 1.32. The van der Waals surface area contributed by atoms with Crippen molar-refractivity contribution in [2.24, 2.45) is 0 Å². The largest absolute Gasteiger partial charge is 0.497 e. The second-order valence-electron chi connectivity index (χ2n) is 5.73. The van der Waals surface area contributed by atoms with Gasteiger partial charge in [0.15, 0.2) is 0 Å². The summed E-state index contributed by atoms with van der Waals surface area (Å²) in [4.78, 5) is 24.8. The second kappa shape index (κ2) is 10.5. The van der Waals surface area contributed by atoms with Crippen molar-refractivity contribution in [1.29, 1.82) is 0 Å². The summed E-state index contributed by atoms with van der Waals surface area (Å²) in [5.41, 5.74) is 1.32. The lowest BCUT2D eigenvalue weighted by Crippen LogP contribution is -2.14. The monoisotopic (exact) mass is 388 g/mol. The lowest BCUT2D eigenvalue weighted by molar-refractivity contribution is -0.116. The van der Waals surface area contributed by atoms with Crippen LogP contribution in [0.2, 0.25) is 0 Å². The summed E-state index contributed by atoms with van der Waals surface area (Å²) in [6.45, 7) is 1.96. The number of carbonyl (C=O) groups is 2. The lowest BCUT2D eigenvalue weighted by atomic mass is 10.2. The topological polar surface area (TPSA) is 76.7 Å². The zero-order chi connectivity index (χ0) is 19.6. The second-order valence-corrected chi connectivity index (χ2v) is 6.77. The van der Waals surface area contributed by atoms with Crippen molar-refractivity contribution in [2.75, 3.05) is 30.6 Å². The quantitative estimate of drug-likeness (QED) is 0.631. The number of amides is 2. The molecule has 0 aliphatic rings. The molecule has 27 heavy (non-hydrogen) atoms. The van der Waals surface area contributed by atoms with E-state index in [1.54, 1.807) is 32.4 Å². The van der Waals surface area contributed by atoms with Crippen LogP contribution in [-0.2, 0) is 9.59 Å². The number of rotatable bonds is 9. The van der Waals surface area contributed by atoms with E-state index < -0.39 is 0 Å². The molecule has 0 saturated heterocycles. The molecular weight excluding hydrogens is 364 g/mol. The zero-order valence-electron chi connectivity index (χ0n) is 15.7. The molecule has 0 saturated carbocycles. The maximum absolute atomic E-state index is 12.3. The zero-order valence-corrected chi connectivity index (χ0v) is 16.5. The summed E-state index contributed by atoms with van der Waals surface area (Å²) in [6, 6.07) is 12.7.